The van der Waals surface area contributed by atoms with Crippen LogP contribution in [0.15, 0.2) is 47.4 Å². The number of sulfonamides is 1. The first-order chi connectivity index (χ1) is 11.7. The van der Waals surface area contributed by atoms with Gasteiger partial charge in [0.2, 0.25) is 10.0 Å². The smallest absolute Gasteiger partial charge is 0.340 e. The van der Waals surface area contributed by atoms with Crippen LogP contribution in [0.1, 0.15) is 15.9 Å². The molecular weight excluding hydrogens is 350 g/mol. The van der Waals surface area contributed by atoms with E-state index in [2.05, 4.69) is 10.1 Å². The van der Waals surface area contributed by atoms with Gasteiger partial charge in [-0.1, -0.05) is 12.1 Å². The normalized spacial score (nSPS) is 11.0. The molecule has 2 rings (SSSR count). The van der Waals surface area contributed by atoms with Gasteiger partial charge in [-0.3, -0.25) is 10.1 Å². The molecule has 0 fully saturated rings. The lowest BCUT2D eigenvalue weighted by atomic mass is 10.1. The number of methoxy groups -OCH3 is 1. The molecule has 132 valence electrons. The quantitative estimate of drug-likeness (QED) is 0.450. The van der Waals surface area contributed by atoms with Crippen molar-refractivity contribution in [2.45, 2.75) is 11.4 Å². The Morgan fingerprint density at radius 2 is 1.88 bits per heavy atom. The molecule has 0 radical (unpaired) electrons. The van der Waals surface area contributed by atoms with Gasteiger partial charge in [0.1, 0.15) is 0 Å². The molecule has 3 N–H and O–H groups in total. The van der Waals surface area contributed by atoms with Crippen LogP contribution in [-0.4, -0.2) is 26.4 Å². The first-order valence-corrected chi connectivity index (χ1v) is 8.49. The summed E-state index contributed by atoms with van der Waals surface area (Å²) < 4.78 is 27.1. The average Bonchev–Trinajstić information content (AvgIpc) is 2.58. The number of hydrogen-bond acceptors (Lipinski definition) is 7. The molecule has 0 saturated heterocycles. The van der Waals surface area contributed by atoms with E-state index in [4.69, 9.17) is 5.14 Å². The van der Waals surface area contributed by atoms with E-state index in [0.717, 1.165) is 11.6 Å². The Morgan fingerprint density at radius 1 is 1.24 bits per heavy atom. The van der Waals surface area contributed by atoms with Crippen molar-refractivity contribution < 1.29 is 22.9 Å². The molecule has 0 amide bonds. The van der Waals surface area contributed by atoms with Crippen LogP contribution in [0.25, 0.3) is 0 Å². The summed E-state index contributed by atoms with van der Waals surface area (Å²) in [7, 11) is -2.59. The predicted molar refractivity (Wildman–Crippen MR) is 89.6 cm³/mol. The summed E-state index contributed by atoms with van der Waals surface area (Å²) in [5, 5.41) is 18.8. The summed E-state index contributed by atoms with van der Waals surface area (Å²) in [5.41, 5.74) is 0.871. The fourth-order valence-corrected chi connectivity index (χ4v) is 2.59. The zero-order chi connectivity index (χ0) is 18.6. The molecule has 2 aromatic carbocycles. The number of benzene rings is 2. The monoisotopic (exact) mass is 365 g/mol. The van der Waals surface area contributed by atoms with Crippen LogP contribution in [0.3, 0.4) is 0 Å². The Hall–Kier alpha value is -2.98. The van der Waals surface area contributed by atoms with Gasteiger partial charge in [-0.2, -0.15) is 0 Å². The van der Waals surface area contributed by atoms with Gasteiger partial charge in [-0.15, -0.1) is 0 Å². The lowest BCUT2D eigenvalue weighted by Crippen LogP contribution is -2.12. The highest BCUT2D eigenvalue weighted by atomic mass is 32.2. The summed E-state index contributed by atoms with van der Waals surface area (Å²) in [5.74, 6) is -0.712. The second-order valence-electron chi connectivity index (χ2n) is 5.02. The van der Waals surface area contributed by atoms with Gasteiger partial charge in [0.15, 0.2) is 0 Å². The fraction of sp³-hybridized carbons (Fsp3) is 0.133. The van der Waals surface area contributed by atoms with Gasteiger partial charge in [-0.05, 0) is 23.8 Å². The number of esters is 1. The molecule has 0 aromatic heterocycles. The number of nitrogens with one attached hydrogen (secondary N) is 1. The number of nitro benzene ring substituents is 1. The zero-order valence-electron chi connectivity index (χ0n) is 13.1. The van der Waals surface area contributed by atoms with Crippen LogP contribution in [0.4, 0.5) is 11.4 Å². The number of nitrogens with two attached hydrogens (primary N) is 1. The molecule has 25 heavy (non-hydrogen) atoms. The highest BCUT2D eigenvalue weighted by molar-refractivity contribution is 7.89. The van der Waals surface area contributed by atoms with Crippen LogP contribution in [0.5, 0.6) is 0 Å². The van der Waals surface area contributed by atoms with Gasteiger partial charge in [-0.25, -0.2) is 18.4 Å². The fourth-order valence-electron chi connectivity index (χ4n) is 2.07. The van der Waals surface area contributed by atoms with E-state index in [1.807, 2.05) is 0 Å². The third-order valence-electron chi connectivity index (χ3n) is 3.35. The lowest BCUT2D eigenvalue weighted by Gasteiger charge is -2.11. The third-order valence-corrected chi connectivity index (χ3v) is 4.28. The summed E-state index contributed by atoms with van der Waals surface area (Å²) in [6.07, 6.45) is 0. The Balaban J connectivity index is 2.22. The van der Waals surface area contributed by atoms with Crippen molar-refractivity contribution in [3.05, 3.63) is 63.7 Å². The number of carbonyl (C=O) groups is 1. The highest BCUT2D eigenvalue weighted by Gasteiger charge is 2.17. The number of ether oxygens (including phenoxy) is 1. The van der Waals surface area contributed by atoms with Crippen LogP contribution in [-0.2, 0) is 21.3 Å². The average molecular weight is 365 g/mol. The molecule has 0 aliphatic heterocycles. The van der Waals surface area contributed by atoms with Gasteiger partial charge in [0, 0.05) is 24.4 Å². The van der Waals surface area contributed by atoms with Crippen molar-refractivity contribution in [3.8, 4) is 0 Å². The number of non-ortho nitro benzene ring substituents is 1. The maximum Gasteiger partial charge on any atom is 0.340 e. The minimum absolute atomic E-state index is 0.0122. The standard InChI is InChI=1S/C15H15N3O6S/c1-24-15(19)13-8-11(18(20)21)4-7-14(13)17-9-10-2-5-12(6-3-10)25(16,22)23/h2-8,17H,9H2,1H3,(H2,16,22,23). The minimum Gasteiger partial charge on any atom is -0.465 e. The molecule has 0 heterocycles. The van der Waals surface area contributed by atoms with Crippen molar-refractivity contribution in [2.75, 3.05) is 12.4 Å². The number of anilines is 1. The second kappa shape index (κ2) is 7.28. The van der Waals surface area contributed by atoms with E-state index < -0.39 is 20.9 Å². The Morgan fingerprint density at radius 3 is 2.40 bits per heavy atom. The van der Waals surface area contributed by atoms with E-state index in [1.54, 1.807) is 12.1 Å². The van der Waals surface area contributed by atoms with Gasteiger partial charge >= 0.3 is 5.97 Å². The van der Waals surface area contributed by atoms with Crippen molar-refractivity contribution >= 4 is 27.4 Å². The molecule has 0 saturated carbocycles. The first-order valence-electron chi connectivity index (χ1n) is 6.94. The first kappa shape index (κ1) is 18.4. The molecule has 9 nitrogen and oxygen atoms in total. The maximum atomic E-state index is 11.8. The topological polar surface area (TPSA) is 142 Å². The van der Waals surface area contributed by atoms with Gasteiger partial charge in [0.05, 0.1) is 22.5 Å². The van der Waals surface area contributed by atoms with Crippen molar-refractivity contribution in [3.63, 3.8) is 0 Å². The molecule has 10 heteroatoms. The predicted octanol–water partition coefficient (Wildman–Crippen LogP) is 1.64. The SMILES string of the molecule is COC(=O)c1cc([N+](=O)[O-])ccc1NCc1ccc(S(N)(=O)=O)cc1. The van der Waals surface area contributed by atoms with E-state index in [-0.39, 0.29) is 22.7 Å². The summed E-state index contributed by atoms with van der Waals surface area (Å²) in [4.78, 5) is 22.0. The summed E-state index contributed by atoms with van der Waals surface area (Å²) in [6, 6.07) is 9.65. The second-order valence-corrected chi connectivity index (χ2v) is 6.58. The Bertz CT molecular complexity index is 909. The van der Waals surface area contributed by atoms with E-state index in [1.165, 1.54) is 31.4 Å². The number of nitrogens with zero attached hydrogens (tertiary/aromatic N) is 1. The van der Waals surface area contributed by atoms with E-state index in [0.29, 0.717) is 5.69 Å². The lowest BCUT2D eigenvalue weighted by molar-refractivity contribution is -0.384. The molecule has 0 spiro atoms. The number of primary sulfonamides is 1. The number of hydrogen-bond donors (Lipinski definition) is 2. The Labute approximate surface area is 143 Å². The number of rotatable bonds is 6. The molecule has 0 atom stereocenters. The van der Waals surface area contributed by atoms with Crippen molar-refractivity contribution in [2.24, 2.45) is 5.14 Å². The largest absolute Gasteiger partial charge is 0.465 e. The number of nitro groups is 1. The third kappa shape index (κ3) is 4.52. The van der Waals surface area contributed by atoms with Gasteiger partial charge in [0.25, 0.3) is 5.69 Å². The molecular formula is C15H15N3O6S. The van der Waals surface area contributed by atoms with Crippen LogP contribution >= 0.6 is 0 Å². The number of carbonyl (C=O) groups excluding carboxylic acids is 1. The summed E-state index contributed by atoms with van der Waals surface area (Å²) in [6.45, 7) is 0.257. The van der Waals surface area contributed by atoms with Gasteiger partial charge < -0.3 is 10.1 Å². The zero-order valence-corrected chi connectivity index (χ0v) is 13.9. The van der Waals surface area contributed by atoms with Crippen molar-refractivity contribution in [1.29, 1.82) is 0 Å². The summed E-state index contributed by atoms with van der Waals surface area (Å²) >= 11 is 0. The van der Waals surface area contributed by atoms with Crippen molar-refractivity contribution in [1.82, 2.24) is 0 Å². The van der Waals surface area contributed by atoms with Crippen LogP contribution in [0, 0.1) is 10.1 Å². The molecule has 0 aliphatic rings. The molecule has 0 unspecified atom stereocenters. The molecule has 0 aliphatic carbocycles. The van der Waals surface area contributed by atoms with E-state index >= 15 is 0 Å². The molecule has 0 bridgehead atoms. The van der Waals surface area contributed by atoms with Crippen LogP contribution in [0.2, 0.25) is 0 Å². The minimum atomic E-state index is -3.77. The molecule has 2 aromatic rings. The van der Waals surface area contributed by atoms with Crippen LogP contribution < -0.4 is 10.5 Å². The highest BCUT2D eigenvalue weighted by Crippen LogP contribution is 2.23. The maximum absolute atomic E-state index is 11.8. The van der Waals surface area contributed by atoms with E-state index in [9.17, 15) is 23.3 Å². The Kier molecular flexibility index (Phi) is 5.35.